The third-order valence-corrected chi connectivity index (χ3v) is 6.32. The van der Waals surface area contributed by atoms with Gasteiger partial charge in [0.25, 0.3) is 11.2 Å². The molecule has 2 unspecified atom stereocenters. The Labute approximate surface area is 179 Å². The molecule has 1 saturated heterocycles. The highest BCUT2D eigenvalue weighted by Crippen LogP contribution is 2.32. The Kier molecular flexibility index (Phi) is 6.17. The fourth-order valence-corrected chi connectivity index (χ4v) is 4.68. The lowest BCUT2D eigenvalue weighted by molar-refractivity contribution is -0.384. The maximum absolute atomic E-state index is 12.5. The molecule has 0 radical (unpaired) electrons. The second-order valence-corrected chi connectivity index (χ2v) is 8.65. The van der Waals surface area contributed by atoms with Gasteiger partial charge >= 0.3 is 0 Å². The van der Waals surface area contributed by atoms with E-state index < -0.39 is 10.5 Å². The largest absolute Gasteiger partial charge is 0.363 e. The van der Waals surface area contributed by atoms with Gasteiger partial charge in [-0.3, -0.25) is 24.6 Å². The normalized spacial score (nSPS) is 22.4. The van der Waals surface area contributed by atoms with Crippen molar-refractivity contribution in [3.05, 3.63) is 38.9 Å². The van der Waals surface area contributed by atoms with E-state index in [0.29, 0.717) is 49.8 Å². The number of fused-ring (bicyclic) bond motifs is 1. The fraction of sp³-hybridized carbons (Fsp3) is 0.571. The number of nitrogens with zero attached hydrogens (tertiary/aromatic N) is 4. The summed E-state index contributed by atoms with van der Waals surface area (Å²) in [5.74, 6) is 0.707. The number of amides is 1. The van der Waals surface area contributed by atoms with Gasteiger partial charge in [-0.1, -0.05) is 19.8 Å². The molecule has 2 heterocycles. The van der Waals surface area contributed by atoms with Crippen molar-refractivity contribution >= 4 is 28.2 Å². The Bertz CT molecular complexity index is 1030. The van der Waals surface area contributed by atoms with Gasteiger partial charge in [0.2, 0.25) is 5.91 Å². The number of H-pyrrole nitrogens is 1. The van der Waals surface area contributed by atoms with Gasteiger partial charge in [0.15, 0.2) is 0 Å². The maximum Gasteiger partial charge on any atom is 0.293 e. The van der Waals surface area contributed by atoms with Gasteiger partial charge in [-0.05, 0) is 24.8 Å². The van der Waals surface area contributed by atoms with E-state index in [1.54, 1.807) is 6.07 Å². The van der Waals surface area contributed by atoms with Gasteiger partial charge in [0.1, 0.15) is 5.69 Å². The SMILES string of the molecule is CC1CCCC(NC(=O)CN2CCN(c3cc4nc[nH]c(=O)c4cc3[N+](=O)[O-])CC2)C1. The molecule has 10 heteroatoms. The molecule has 4 rings (SSSR count). The van der Waals surface area contributed by atoms with Crippen molar-refractivity contribution in [2.24, 2.45) is 5.92 Å². The van der Waals surface area contributed by atoms with Crippen LogP contribution in [0.25, 0.3) is 10.9 Å². The number of nitro benzene ring substituents is 1. The van der Waals surface area contributed by atoms with Crippen molar-refractivity contribution in [1.29, 1.82) is 0 Å². The van der Waals surface area contributed by atoms with Crippen LogP contribution in [0.2, 0.25) is 0 Å². The zero-order chi connectivity index (χ0) is 22.0. The summed E-state index contributed by atoms with van der Waals surface area (Å²) >= 11 is 0. The Morgan fingerprint density at radius 2 is 2.06 bits per heavy atom. The lowest BCUT2D eigenvalue weighted by atomic mass is 9.87. The van der Waals surface area contributed by atoms with Crippen LogP contribution >= 0.6 is 0 Å². The van der Waals surface area contributed by atoms with Crippen molar-refractivity contribution in [3.8, 4) is 0 Å². The summed E-state index contributed by atoms with van der Waals surface area (Å²) in [6, 6.07) is 3.17. The summed E-state index contributed by atoms with van der Waals surface area (Å²) in [4.78, 5) is 46.2. The van der Waals surface area contributed by atoms with E-state index in [0.717, 1.165) is 19.3 Å². The molecule has 1 saturated carbocycles. The van der Waals surface area contributed by atoms with Crippen LogP contribution in [-0.2, 0) is 4.79 Å². The number of piperazine rings is 1. The molecule has 2 aromatic rings. The average Bonchev–Trinajstić information content (AvgIpc) is 2.73. The van der Waals surface area contributed by atoms with Crippen molar-refractivity contribution < 1.29 is 9.72 Å². The van der Waals surface area contributed by atoms with Crippen LogP contribution in [-0.4, -0.2) is 64.5 Å². The monoisotopic (exact) mass is 428 g/mol. The molecule has 1 aromatic carbocycles. The molecule has 1 amide bonds. The lowest BCUT2D eigenvalue weighted by Gasteiger charge is -2.36. The van der Waals surface area contributed by atoms with Gasteiger partial charge < -0.3 is 15.2 Å². The van der Waals surface area contributed by atoms with Crippen LogP contribution in [0.15, 0.2) is 23.3 Å². The summed E-state index contributed by atoms with van der Waals surface area (Å²) in [6.45, 7) is 4.95. The first kappa shape index (κ1) is 21.2. The fourth-order valence-electron chi connectivity index (χ4n) is 4.68. The van der Waals surface area contributed by atoms with E-state index in [9.17, 15) is 19.7 Å². The molecule has 1 aromatic heterocycles. The molecular formula is C21H28N6O4. The Balaban J connectivity index is 1.40. The summed E-state index contributed by atoms with van der Waals surface area (Å²) in [5, 5.41) is 15.0. The first-order chi connectivity index (χ1) is 14.9. The van der Waals surface area contributed by atoms with Crippen LogP contribution in [0.3, 0.4) is 0 Å². The molecule has 2 fully saturated rings. The van der Waals surface area contributed by atoms with Crippen LogP contribution in [0, 0.1) is 16.0 Å². The first-order valence-electron chi connectivity index (χ1n) is 10.8. The molecule has 31 heavy (non-hydrogen) atoms. The molecule has 1 aliphatic heterocycles. The van der Waals surface area contributed by atoms with E-state index in [2.05, 4.69) is 27.1 Å². The molecule has 2 aliphatic rings. The summed E-state index contributed by atoms with van der Waals surface area (Å²) < 4.78 is 0. The van der Waals surface area contributed by atoms with E-state index in [-0.39, 0.29) is 23.0 Å². The lowest BCUT2D eigenvalue weighted by Crippen LogP contribution is -2.51. The Morgan fingerprint density at radius 1 is 1.29 bits per heavy atom. The van der Waals surface area contributed by atoms with Crippen molar-refractivity contribution in [2.75, 3.05) is 37.6 Å². The highest BCUT2D eigenvalue weighted by Gasteiger charge is 2.27. The number of hydrogen-bond donors (Lipinski definition) is 2. The summed E-state index contributed by atoms with van der Waals surface area (Å²) in [6.07, 6.45) is 5.79. The van der Waals surface area contributed by atoms with Gasteiger partial charge in [-0.2, -0.15) is 0 Å². The summed E-state index contributed by atoms with van der Waals surface area (Å²) in [7, 11) is 0. The number of aromatic amines is 1. The standard InChI is InChI=1S/C21H28N6O4/c1-14-3-2-4-15(9-14)24-20(28)12-25-5-7-26(8-6-25)18-11-17-16(10-19(18)27(30)31)21(29)23-13-22-17/h10-11,13-15H,2-9,12H2,1H3,(H,24,28)(H,22,23,29). The maximum atomic E-state index is 12.5. The number of nitro groups is 1. The summed E-state index contributed by atoms with van der Waals surface area (Å²) in [5.41, 5.74) is 0.371. The second-order valence-electron chi connectivity index (χ2n) is 8.65. The quantitative estimate of drug-likeness (QED) is 0.548. The van der Waals surface area contributed by atoms with Gasteiger partial charge in [0.05, 0.1) is 28.7 Å². The minimum atomic E-state index is -0.466. The van der Waals surface area contributed by atoms with Gasteiger partial charge in [-0.25, -0.2) is 4.98 Å². The minimum Gasteiger partial charge on any atom is -0.363 e. The number of carbonyl (C=O) groups excluding carboxylic acids is 1. The van der Waals surface area contributed by atoms with E-state index in [1.807, 2.05) is 4.90 Å². The zero-order valence-corrected chi connectivity index (χ0v) is 17.7. The molecule has 0 bridgehead atoms. The van der Waals surface area contributed by atoms with Crippen molar-refractivity contribution in [2.45, 2.75) is 38.6 Å². The topological polar surface area (TPSA) is 124 Å². The van der Waals surface area contributed by atoms with E-state index in [1.165, 1.54) is 18.8 Å². The third-order valence-electron chi connectivity index (χ3n) is 6.32. The highest BCUT2D eigenvalue weighted by atomic mass is 16.6. The zero-order valence-electron chi connectivity index (χ0n) is 17.7. The molecular weight excluding hydrogens is 400 g/mol. The molecule has 2 atom stereocenters. The average molecular weight is 428 g/mol. The number of benzene rings is 1. The number of nitrogens with one attached hydrogen (secondary N) is 2. The number of rotatable bonds is 5. The molecule has 1 aliphatic carbocycles. The van der Waals surface area contributed by atoms with Crippen LogP contribution in [0.4, 0.5) is 11.4 Å². The number of carbonyl (C=O) groups is 1. The minimum absolute atomic E-state index is 0.0488. The molecule has 10 nitrogen and oxygen atoms in total. The molecule has 2 N–H and O–H groups in total. The smallest absolute Gasteiger partial charge is 0.293 e. The van der Waals surface area contributed by atoms with E-state index in [4.69, 9.17) is 0 Å². The van der Waals surface area contributed by atoms with Gasteiger partial charge in [0, 0.05) is 38.3 Å². The molecule has 0 spiro atoms. The second kappa shape index (κ2) is 9.01. The van der Waals surface area contributed by atoms with Crippen molar-refractivity contribution in [1.82, 2.24) is 20.2 Å². The predicted molar refractivity (Wildman–Crippen MR) is 117 cm³/mol. The first-order valence-corrected chi connectivity index (χ1v) is 10.8. The highest BCUT2D eigenvalue weighted by molar-refractivity contribution is 5.87. The Hall–Kier alpha value is -3.01. The van der Waals surface area contributed by atoms with E-state index >= 15 is 0 Å². The van der Waals surface area contributed by atoms with Crippen molar-refractivity contribution in [3.63, 3.8) is 0 Å². The van der Waals surface area contributed by atoms with Crippen LogP contribution < -0.4 is 15.8 Å². The number of hydrogen-bond acceptors (Lipinski definition) is 7. The third kappa shape index (κ3) is 4.84. The van der Waals surface area contributed by atoms with Crippen LogP contribution in [0.1, 0.15) is 32.6 Å². The van der Waals surface area contributed by atoms with Gasteiger partial charge in [-0.15, -0.1) is 0 Å². The predicted octanol–water partition coefficient (Wildman–Crippen LogP) is 1.65. The number of aromatic nitrogens is 2. The Morgan fingerprint density at radius 3 is 2.77 bits per heavy atom. The van der Waals surface area contributed by atoms with Crippen LogP contribution in [0.5, 0.6) is 0 Å². The number of anilines is 1. The molecule has 166 valence electrons.